The lowest BCUT2D eigenvalue weighted by atomic mass is 10.0. The summed E-state index contributed by atoms with van der Waals surface area (Å²) >= 11 is 17.3. The van der Waals surface area contributed by atoms with Crippen LogP contribution in [0, 0.1) is 11.6 Å². The molecule has 3 aromatic rings. The highest BCUT2D eigenvalue weighted by atomic mass is 35.5. The zero-order valence-electron chi connectivity index (χ0n) is 14.1. The van der Waals surface area contributed by atoms with Crippen molar-refractivity contribution in [1.29, 1.82) is 0 Å². The van der Waals surface area contributed by atoms with Gasteiger partial charge in [-0.25, -0.2) is 8.78 Å². The molecule has 0 aliphatic heterocycles. The fourth-order valence-corrected chi connectivity index (χ4v) is 3.08. The molecule has 0 unspecified atom stereocenters. The number of ketones is 1. The molecule has 0 fully saturated rings. The Morgan fingerprint density at radius 2 is 1.54 bits per heavy atom. The molecule has 0 bridgehead atoms. The van der Waals surface area contributed by atoms with Gasteiger partial charge in [-0.15, -0.1) is 0 Å². The summed E-state index contributed by atoms with van der Waals surface area (Å²) in [6, 6.07) is 14.3. The van der Waals surface area contributed by atoms with Gasteiger partial charge in [-0.2, -0.15) is 0 Å². The van der Waals surface area contributed by atoms with E-state index >= 15 is 0 Å². The highest BCUT2D eigenvalue weighted by molar-refractivity contribution is 7.80. The highest BCUT2D eigenvalue weighted by Gasteiger charge is 2.18. The second kappa shape index (κ2) is 8.65. The molecule has 2 N–H and O–H groups in total. The van der Waals surface area contributed by atoms with Gasteiger partial charge in [0.15, 0.2) is 10.9 Å². The maximum atomic E-state index is 13.8. The predicted molar refractivity (Wildman–Crippen MR) is 113 cm³/mol. The van der Waals surface area contributed by atoms with E-state index in [1.165, 1.54) is 12.1 Å². The molecule has 0 amide bonds. The molecule has 0 atom stereocenters. The molecule has 0 saturated heterocycles. The lowest BCUT2D eigenvalue weighted by Crippen LogP contribution is -2.21. The summed E-state index contributed by atoms with van der Waals surface area (Å²) in [6.07, 6.45) is 0. The van der Waals surface area contributed by atoms with Crippen LogP contribution in [0.5, 0.6) is 0 Å². The van der Waals surface area contributed by atoms with Crippen molar-refractivity contribution >= 4 is 57.7 Å². The number of thiocarbonyl (C=S) groups is 1. The number of hydrogen-bond acceptors (Lipinski definition) is 2. The number of rotatable bonds is 4. The summed E-state index contributed by atoms with van der Waals surface area (Å²) in [5.41, 5.74) is 0.892. The first kappa shape index (κ1) is 20.2. The van der Waals surface area contributed by atoms with Gasteiger partial charge < -0.3 is 10.6 Å². The van der Waals surface area contributed by atoms with Crippen molar-refractivity contribution in [3.05, 3.63) is 93.5 Å². The Hall–Kier alpha value is -2.54. The molecule has 28 heavy (non-hydrogen) atoms. The second-order valence-electron chi connectivity index (χ2n) is 5.70. The van der Waals surface area contributed by atoms with Crippen LogP contribution in [0.25, 0.3) is 0 Å². The van der Waals surface area contributed by atoms with Crippen LogP contribution in [0.4, 0.5) is 20.2 Å². The molecule has 0 aliphatic rings. The Morgan fingerprint density at radius 3 is 2.25 bits per heavy atom. The number of carbonyl (C=O) groups is 1. The fraction of sp³-hybridized carbons (Fsp3) is 0. The van der Waals surface area contributed by atoms with Gasteiger partial charge in [0.2, 0.25) is 0 Å². The molecule has 3 aromatic carbocycles. The zero-order valence-corrected chi connectivity index (χ0v) is 16.4. The fourth-order valence-electron chi connectivity index (χ4n) is 2.47. The molecule has 0 saturated carbocycles. The van der Waals surface area contributed by atoms with Gasteiger partial charge in [-0.3, -0.25) is 4.79 Å². The number of carbonyl (C=O) groups excluding carboxylic acids is 1. The van der Waals surface area contributed by atoms with Crippen LogP contribution in [-0.2, 0) is 0 Å². The van der Waals surface area contributed by atoms with Crippen molar-refractivity contribution < 1.29 is 13.6 Å². The Labute approximate surface area is 175 Å². The Balaban J connectivity index is 1.87. The SMILES string of the molecule is O=C(c1ccccc1Cl)c1cc(Cl)ccc1NC(=S)Nc1ccc(F)cc1F. The summed E-state index contributed by atoms with van der Waals surface area (Å²) in [6.45, 7) is 0. The van der Waals surface area contributed by atoms with E-state index in [9.17, 15) is 13.6 Å². The summed E-state index contributed by atoms with van der Waals surface area (Å²) < 4.78 is 26.8. The second-order valence-corrected chi connectivity index (χ2v) is 6.95. The molecular weight excluding hydrogens is 425 g/mol. The summed E-state index contributed by atoms with van der Waals surface area (Å²) in [4.78, 5) is 12.9. The smallest absolute Gasteiger partial charge is 0.196 e. The predicted octanol–water partition coefficient (Wildman–Crippen LogP) is 6.31. The number of anilines is 2. The third kappa shape index (κ3) is 4.65. The number of benzene rings is 3. The number of halogens is 4. The van der Waals surface area contributed by atoms with E-state index in [0.717, 1.165) is 12.1 Å². The van der Waals surface area contributed by atoms with E-state index in [4.69, 9.17) is 35.4 Å². The van der Waals surface area contributed by atoms with Crippen molar-refractivity contribution in [3.8, 4) is 0 Å². The largest absolute Gasteiger partial charge is 0.332 e. The average molecular weight is 437 g/mol. The third-order valence-corrected chi connectivity index (χ3v) is 4.54. The van der Waals surface area contributed by atoms with Crippen molar-refractivity contribution in [2.24, 2.45) is 0 Å². The number of nitrogens with one attached hydrogen (secondary N) is 2. The van der Waals surface area contributed by atoms with E-state index in [2.05, 4.69) is 10.6 Å². The molecule has 0 heterocycles. The van der Waals surface area contributed by atoms with Gasteiger partial charge in [0.1, 0.15) is 11.6 Å². The Kier molecular flexibility index (Phi) is 6.24. The maximum Gasteiger partial charge on any atom is 0.196 e. The van der Waals surface area contributed by atoms with Gasteiger partial charge in [0.25, 0.3) is 0 Å². The Bertz CT molecular complexity index is 1080. The molecule has 8 heteroatoms. The van der Waals surface area contributed by atoms with E-state index in [1.807, 2.05) is 0 Å². The van der Waals surface area contributed by atoms with Gasteiger partial charge in [0.05, 0.1) is 16.4 Å². The van der Waals surface area contributed by atoms with Crippen molar-refractivity contribution in [1.82, 2.24) is 0 Å². The molecule has 0 radical (unpaired) electrons. The van der Waals surface area contributed by atoms with Crippen LogP contribution >= 0.6 is 35.4 Å². The van der Waals surface area contributed by atoms with Gasteiger partial charge in [-0.05, 0) is 54.7 Å². The first-order chi connectivity index (χ1) is 13.3. The highest BCUT2D eigenvalue weighted by Crippen LogP contribution is 2.27. The van der Waals surface area contributed by atoms with Crippen LogP contribution in [0.15, 0.2) is 60.7 Å². The molecule has 3 rings (SSSR count). The van der Waals surface area contributed by atoms with Crippen molar-refractivity contribution in [3.63, 3.8) is 0 Å². The zero-order chi connectivity index (χ0) is 20.3. The molecule has 0 aliphatic carbocycles. The molecule has 142 valence electrons. The summed E-state index contributed by atoms with van der Waals surface area (Å²) in [5, 5.41) is 6.13. The average Bonchev–Trinajstić information content (AvgIpc) is 2.65. The van der Waals surface area contributed by atoms with E-state index in [-0.39, 0.29) is 22.1 Å². The van der Waals surface area contributed by atoms with Crippen LogP contribution in [0.2, 0.25) is 10.0 Å². The van der Waals surface area contributed by atoms with E-state index < -0.39 is 11.6 Å². The third-order valence-electron chi connectivity index (χ3n) is 3.77. The van der Waals surface area contributed by atoms with Crippen LogP contribution in [0.3, 0.4) is 0 Å². The number of hydrogen-bond donors (Lipinski definition) is 2. The first-order valence-corrected chi connectivity index (χ1v) is 9.13. The van der Waals surface area contributed by atoms with Gasteiger partial charge >= 0.3 is 0 Å². The van der Waals surface area contributed by atoms with E-state index in [1.54, 1.807) is 36.4 Å². The normalized spacial score (nSPS) is 10.4. The van der Waals surface area contributed by atoms with Crippen LogP contribution in [-0.4, -0.2) is 10.9 Å². The monoisotopic (exact) mass is 436 g/mol. The Morgan fingerprint density at radius 1 is 0.857 bits per heavy atom. The molecule has 3 nitrogen and oxygen atoms in total. The standard InChI is InChI=1S/C20H12Cl2F2N2OS/c21-11-5-7-17(14(9-11)19(27)13-3-1-2-4-15(13)22)25-20(28)26-18-8-6-12(23)10-16(18)24/h1-10H,(H2,25,26,28). The lowest BCUT2D eigenvalue weighted by Gasteiger charge is -2.15. The molecule has 0 spiro atoms. The molecule has 0 aromatic heterocycles. The minimum atomic E-state index is -0.798. The lowest BCUT2D eigenvalue weighted by molar-refractivity contribution is 0.103. The van der Waals surface area contributed by atoms with Crippen molar-refractivity contribution in [2.75, 3.05) is 10.6 Å². The van der Waals surface area contributed by atoms with Crippen LogP contribution in [0.1, 0.15) is 15.9 Å². The topological polar surface area (TPSA) is 41.1 Å². The van der Waals surface area contributed by atoms with Gasteiger partial charge in [0, 0.05) is 22.2 Å². The minimum Gasteiger partial charge on any atom is -0.332 e. The maximum absolute atomic E-state index is 13.8. The summed E-state index contributed by atoms with van der Waals surface area (Å²) in [5.74, 6) is -1.86. The quantitative estimate of drug-likeness (QED) is 0.371. The van der Waals surface area contributed by atoms with Crippen molar-refractivity contribution in [2.45, 2.75) is 0 Å². The molecular formula is C20H12Cl2F2N2OS. The van der Waals surface area contributed by atoms with Crippen LogP contribution < -0.4 is 10.6 Å². The van der Waals surface area contributed by atoms with E-state index in [0.29, 0.717) is 21.3 Å². The summed E-state index contributed by atoms with van der Waals surface area (Å²) in [7, 11) is 0. The van der Waals surface area contributed by atoms with Gasteiger partial charge in [-0.1, -0.05) is 35.3 Å². The first-order valence-electron chi connectivity index (χ1n) is 7.97. The minimum absolute atomic E-state index is 0.00755.